The minimum absolute atomic E-state index is 0.0928. The highest BCUT2D eigenvalue weighted by atomic mass is 16.3. The zero-order valence-electron chi connectivity index (χ0n) is 11.5. The first kappa shape index (κ1) is 13.7. The number of hydrogen-bond acceptors (Lipinski definition) is 3. The Morgan fingerprint density at radius 1 is 1.32 bits per heavy atom. The van der Waals surface area contributed by atoms with E-state index in [9.17, 15) is 14.7 Å². The van der Waals surface area contributed by atoms with Gasteiger partial charge in [-0.05, 0) is 18.9 Å². The lowest BCUT2D eigenvalue weighted by Crippen LogP contribution is -2.37. The molecule has 0 aromatic heterocycles. The van der Waals surface area contributed by atoms with Crippen molar-refractivity contribution in [2.45, 2.75) is 33.8 Å². The number of hydrogen-bond donors (Lipinski definition) is 1. The van der Waals surface area contributed by atoms with Crippen LogP contribution in [0.5, 0.6) is 0 Å². The number of nitrogens with zero attached hydrogens (tertiary/aromatic N) is 1. The smallest absolute Gasteiger partial charge is 0.240 e. The number of para-hydroxylation sites is 1. The maximum atomic E-state index is 12.6. The summed E-state index contributed by atoms with van der Waals surface area (Å²) in [7, 11) is 0. The van der Waals surface area contributed by atoms with E-state index in [1.165, 1.54) is 4.90 Å². The number of carbonyl (C=O) groups excluding carboxylic acids is 2. The zero-order valence-corrected chi connectivity index (χ0v) is 11.5. The first-order chi connectivity index (χ1) is 8.91. The van der Waals surface area contributed by atoms with E-state index in [1.807, 2.05) is 20.8 Å². The lowest BCUT2D eigenvalue weighted by Gasteiger charge is -2.26. The molecule has 2 rings (SSSR count). The van der Waals surface area contributed by atoms with Crippen molar-refractivity contribution in [1.29, 1.82) is 0 Å². The molecule has 1 aromatic rings. The van der Waals surface area contributed by atoms with Crippen LogP contribution in [0.3, 0.4) is 0 Å². The van der Waals surface area contributed by atoms with E-state index in [0.717, 1.165) is 0 Å². The van der Waals surface area contributed by atoms with Gasteiger partial charge < -0.3 is 5.11 Å². The molecule has 1 heterocycles. The first-order valence-corrected chi connectivity index (χ1v) is 6.48. The predicted molar refractivity (Wildman–Crippen MR) is 72.4 cm³/mol. The topological polar surface area (TPSA) is 57.6 Å². The molecule has 0 radical (unpaired) electrons. The Labute approximate surface area is 113 Å². The summed E-state index contributed by atoms with van der Waals surface area (Å²) < 4.78 is 0. The van der Waals surface area contributed by atoms with Gasteiger partial charge in [0.2, 0.25) is 11.8 Å². The van der Waals surface area contributed by atoms with Crippen LogP contribution in [0.15, 0.2) is 24.3 Å². The molecule has 1 aliphatic rings. The number of amides is 2. The molecule has 0 saturated carbocycles. The Morgan fingerprint density at radius 2 is 1.95 bits per heavy atom. The quantitative estimate of drug-likeness (QED) is 0.848. The lowest BCUT2D eigenvalue weighted by molar-refractivity contribution is -0.126. The van der Waals surface area contributed by atoms with E-state index in [4.69, 9.17) is 0 Å². The maximum absolute atomic E-state index is 12.6. The summed E-state index contributed by atoms with van der Waals surface area (Å²) in [4.78, 5) is 26.0. The van der Waals surface area contributed by atoms with Crippen molar-refractivity contribution in [3.05, 3.63) is 29.8 Å². The van der Waals surface area contributed by atoms with Gasteiger partial charge in [0.15, 0.2) is 0 Å². The van der Waals surface area contributed by atoms with Crippen molar-refractivity contribution in [3.8, 4) is 0 Å². The SMILES string of the molecule is CC(C)C1(C)CC(=O)N(c2ccccc2CO)C1=O. The van der Waals surface area contributed by atoms with Gasteiger partial charge in [-0.15, -0.1) is 0 Å². The fourth-order valence-corrected chi connectivity index (χ4v) is 2.39. The van der Waals surface area contributed by atoms with Crippen LogP contribution in [-0.2, 0) is 16.2 Å². The summed E-state index contributed by atoms with van der Waals surface area (Å²) in [5, 5.41) is 9.34. The standard InChI is InChI=1S/C15H19NO3/c1-10(2)15(3)8-13(18)16(14(15)19)12-7-5-4-6-11(12)9-17/h4-7,10,17H,8-9H2,1-3H3. The highest BCUT2D eigenvalue weighted by molar-refractivity contribution is 6.22. The minimum Gasteiger partial charge on any atom is -0.392 e. The second-order valence-corrected chi connectivity index (χ2v) is 5.57. The maximum Gasteiger partial charge on any atom is 0.240 e. The average molecular weight is 261 g/mol. The monoisotopic (exact) mass is 261 g/mol. The summed E-state index contributed by atoms with van der Waals surface area (Å²) in [5.74, 6) is -0.272. The normalized spacial score (nSPS) is 23.5. The third-order valence-corrected chi connectivity index (χ3v) is 4.14. The van der Waals surface area contributed by atoms with E-state index >= 15 is 0 Å². The van der Waals surface area contributed by atoms with E-state index in [0.29, 0.717) is 11.3 Å². The van der Waals surface area contributed by atoms with E-state index in [1.54, 1.807) is 24.3 Å². The van der Waals surface area contributed by atoms with Gasteiger partial charge >= 0.3 is 0 Å². The summed E-state index contributed by atoms with van der Waals surface area (Å²) in [5.41, 5.74) is 0.446. The molecule has 1 N–H and O–H groups in total. The Kier molecular flexibility index (Phi) is 3.45. The number of aliphatic hydroxyl groups excluding tert-OH is 1. The molecule has 1 unspecified atom stereocenters. The molecule has 4 nitrogen and oxygen atoms in total. The van der Waals surface area contributed by atoms with E-state index in [-0.39, 0.29) is 30.8 Å². The minimum atomic E-state index is -0.653. The van der Waals surface area contributed by atoms with Crippen LogP contribution in [-0.4, -0.2) is 16.9 Å². The predicted octanol–water partition coefficient (Wildman–Crippen LogP) is 2.10. The fourth-order valence-electron chi connectivity index (χ4n) is 2.39. The van der Waals surface area contributed by atoms with Crippen molar-refractivity contribution in [2.75, 3.05) is 4.90 Å². The van der Waals surface area contributed by atoms with Gasteiger partial charge in [0.25, 0.3) is 0 Å². The third kappa shape index (κ3) is 2.06. The molecular weight excluding hydrogens is 242 g/mol. The Hall–Kier alpha value is -1.68. The molecule has 0 bridgehead atoms. The highest BCUT2D eigenvalue weighted by Gasteiger charge is 2.50. The third-order valence-electron chi connectivity index (χ3n) is 4.14. The molecule has 4 heteroatoms. The molecule has 1 atom stereocenters. The van der Waals surface area contributed by atoms with Crippen LogP contribution in [0.1, 0.15) is 32.8 Å². The fraction of sp³-hybridized carbons (Fsp3) is 0.467. The van der Waals surface area contributed by atoms with Crippen molar-refractivity contribution in [2.24, 2.45) is 11.3 Å². The molecule has 1 aliphatic heterocycles. The van der Waals surface area contributed by atoms with Gasteiger partial charge in [-0.2, -0.15) is 0 Å². The largest absolute Gasteiger partial charge is 0.392 e. The highest BCUT2D eigenvalue weighted by Crippen LogP contribution is 2.41. The number of imide groups is 1. The van der Waals surface area contributed by atoms with Crippen molar-refractivity contribution in [1.82, 2.24) is 0 Å². The summed E-state index contributed by atoms with van der Waals surface area (Å²) >= 11 is 0. The van der Waals surface area contributed by atoms with Crippen molar-refractivity contribution < 1.29 is 14.7 Å². The lowest BCUT2D eigenvalue weighted by atomic mass is 9.78. The molecule has 2 amide bonds. The van der Waals surface area contributed by atoms with Crippen LogP contribution in [0, 0.1) is 11.3 Å². The molecule has 0 aliphatic carbocycles. The van der Waals surface area contributed by atoms with E-state index < -0.39 is 5.41 Å². The molecule has 102 valence electrons. The number of anilines is 1. The van der Waals surface area contributed by atoms with Crippen molar-refractivity contribution in [3.63, 3.8) is 0 Å². The van der Waals surface area contributed by atoms with Crippen LogP contribution in [0.25, 0.3) is 0 Å². The van der Waals surface area contributed by atoms with Gasteiger partial charge in [-0.25, -0.2) is 4.90 Å². The first-order valence-electron chi connectivity index (χ1n) is 6.48. The van der Waals surface area contributed by atoms with Crippen LogP contribution in [0.4, 0.5) is 5.69 Å². The number of rotatable bonds is 3. The van der Waals surface area contributed by atoms with Gasteiger partial charge in [-0.3, -0.25) is 9.59 Å². The van der Waals surface area contributed by atoms with Crippen molar-refractivity contribution >= 4 is 17.5 Å². The van der Waals surface area contributed by atoms with Gasteiger partial charge in [-0.1, -0.05) is 32.0 Å². The van der Waals surface area contributed by atoms with E-state index in [2.05, 4.69) is 0 Å². The number of carbonyl (C=O) groups is 2. The van der Waals surface area contributed by atoms with Crippen LogP contribution in [0.2, 0.25) is 0 Å². The Bertz CT molecular complexity index is 524. The Morgan fingerprint density at radius 3 is 2.47 bits per heavy atom. The summed E-state index contributed by atoms with van der Waals surface area (Å²) in [6.45, 7) is 5.55. The zero-order chi connectivity index (χ0) is 14.2. The molecule has 1 fully saturated rings. The van der Waals surface area contributed by atoms with Gasteiger partial charge in [0.05, 0.1) is 17.7 Å². The number of aliphatic hydroxyl groups is 1. The molecule has 1 saturated heterocycles. The Balaban J connectivity index is 2.47. The summed E-state index contributed by atoms with van der Waals surface area (Å²) in [6.07, 6.45) is 0.225. The number of benzene rings is 1. The molecule has 19 heavy (non-hydrogen) atoms. The molecular formula is C15H19NO3. The average Bonchev–Trinajstić information content (AvgIpc) is 2.61. The summed E-state index contributed by atoms with van der Waals surface area (Å²) in [6, 6.07) is 6.97. The molecule has 1 aromatic carbocycles. The molecule has 0 spiro atoms. The van der Waals surface area contributed by atoms with Gasteiger partial charge in [0, 0.05) is 12.0 Å². The second-order valence-electron chi connectivity index (χ2n) is 5.57. The second kappa shape index (κ2) is 4.78. The van der Waals surface area contributed by atoms with Gasteiger partial charge in [0.1, 0.15) is 0 Å². The van der Waals surface area contributed by atoms with Crippen LogP contribution < -0.4 is 4.90 Å². The van der Waals surface area contributed by atoms with Crippen LogP contribution >= 0.6 is 0 Å².